The summed E-state index contributed by atoms with van der Waals surface area (Å²) in [6, 6.07) is 0. The van der Waals surface area contributed by atoms with Gasteiger partial charge in [-0.25, -0.2) is 0 Å². The predicted molar refractivity (Wildman–Crippen MR) is 65.1 cm³/mol. The van der Waals surface area contributed by atoms with Gasteiger partial charge in [-0.05, 0) is 29.3 Å². The third-order valence-corrected chi connectivity index (χ3v) is 3.54. The van der Waals surface area contributed by atoms with Gasteiger partial charge in [0.1, 0.15) is 0 Å². The third-order valence-electron chi connectivity index (χ3n) is 2.88. The maximum Gasteiger partial charge on any atom is 0.0984 e. The van der Waals surface area contributed by atoms with Crippen molar-refractivity contribution in [2.75, 3.05) is 13.6 Å². The summed E-state index contributed by atoms with van der Waals surface area (Å²) in [4.78, 5) is 4.65. The molecule has 0 aromatic rings. The minimum absolute atomic E-state index is 0.506. The van der Waals surface area contributed by atoms with Crippen LogP contribution < -0.4 is 0 Å². The van der Waals surface area contributed by atoms with Crippen molar-refractivity contribution in [3.8, 4) is 0 Å². The first-order valence-corrected chi connectivity index (χ1v) is 6.32. The fraction of sp³-hybridized carbons (Fsp3) is 0.818. The van der Waals surface area contributed by atoms with Gasteiger partial charge in [0.2, 0.25) is 0 Å². The zero-order valence-corrected chi connectivity index (χ0v) is 11.0. The van der Waals surface area contributed by atoms with E-state index in [0.717, 1.165) is 0 Å². The molecule has 1 rings (SSSR count). The van der Waals surface area contributed by atoms with Crippen molar-refractivity contribution < 1.29 is 0 Å². The van der Waals surface area contributed by atoms with E-state index in [4.69, 9.17) is 0 Å². The van der Waals surface area contributed by atoms with E-state index in [1.54, 1.807) is 0 Å². The van der Waals surface area contributed by atoms with E-state index in [0.29, 0.717) is 6.17 Å². The van der Waals surface area contributed by atoms with Crippen LogP contribution >= 0.6 is 15.9 Å². The molecular weight excluding hydrogens is 240 g/mol. The van der Waals surface area contributed by atoms with Crippen LogP contribution in [0.25, 0.3) is 0 Å². The van der Waals surface area contributed by atoms with Gasteiger partial charge in [0.05, 0.1) is 10.8 Å². The van der Waals surface area contributed by atoms with E-state index in [1.165, 1.54) is 36.8 Å². The SMILES string of the molecule is CCCCCCN1C(Br)=CN(C)C1C. The fourth-order valence-electron chi connectivity index (χ4n) is 1.75. The summed E-state index contributed by atoms with van der Waals surface area (Å²) < 4.78 is 1.23. The molecule has 0 radical (unpaired) electrons. The van der Waals surface area contributed by atoms with Crippen molar-refractivity contribution in [2.45, 2.75) is 45.7 Å². The van der Waals surface area contributed by atoms with Crippen molar-refractivity contribution in [1.29, 1.82) is 0 Å². The highest BCUT2D eigenvalue weighted by molar-refractivity contribution is 9.11. The summed E-state index contributed by atoms with van der Waals surface area (Å²) in [6.07, 6.45) is 7.99. The standard InChI is InChI=1S/C11H21BrN2/c1-4-5-6-7-8-14-10(2)13(3)9-11(14)12/h9-10H,4-8H2,1-3H3. The molecule has 1 aliphatic rings. The summed E-state index contributed by atoms with van der Waals surface area (Å²) >= 11 is 3.60. The van der Waals surface area contributed by atoms with E-state index in [-0.39, 0.29) is 0 Å². The molecule has 0 amide bonds. The summed E-state index contributed by atoms with van der Waals surface area (Å²) in [5, 5.41) is 0. The van der Waals surface area contributed by atoms with E-state index >= 15 is 0 Å². The number of rotatable bonds is 5. The first-order chi connectivity index (χ1) is 6.66. The van der Waals surface area contributed by atoms with Gasteiger partial charge in [-0.2, -0.15) is 0 Å². The number of halogens is 1. The first kappa shape index (κ1) is 11.9. The van der Waals surface area contributed by atoms with E-state index in [2.05, 4.69) is 52.8 Å². The largest absolute Gasteiger partial charge is 0.358 e. The lowest BCUT2D eigenvalue weighted by Crippen LogP contribution is -2.35. The molecule has 1 heterocycles. The summed E-state index contributed by atoms with van der Waals surface area (Å²) in [5.74, 6) is 0. The Morgan fingerprint density at radius 2 is 2.07 bits per heavy atom. The molecule has 0 aromatic heterocycles. The zero-order valence-electron chi connectivity index (χ0n) is 9.46. The molecule has 14 heavy (non-hydrogen) atoms. The Morgan fingerprint density at radius 3 is 2.57 bits per heavy atom. The highest BCUT2D eigenvalue weighted by Crippen LogP contribution is 2.25. The van der Waals surface area contributed by atoms with Crippen LogP contribution in [0.15, 0.2) is 10.8 Å². The van der Waals surface area contributed by atoms with Gasteiger partial charge in [0.15, 0.2) is 0 Å². The lowest BCUT2D eigenvalue weighted by Gasteiger charge is -2.28. The van der Waals surface area contributed by atoms with Gasteiger partial charge in [-0.15, -0.1) is 0 Å². The van der Waals surface area contributed by atoms with E-state index in [9.17, 15) is 0 Å². The molecule has 82 valence electrons. The van der Waals surface area contributed by atoms with Crippen LogP contribution in [0, 0.1) is 0 Å². The molecule has 0 aromatic carbocycles. The predicted octanol–water partition coefficient (Wildman–Crippen LogP) is 3.35. The number of unbranched alkanes of at least 4 members (excludes halogenated alkanes) is 3. The molecule has 0 saturated heterocycles. The lowest BCUT2D eigenvalue weighted by molar-refractivity contribution is 0.190. The minimum atomic E-state index is 0.506. The number of hydrogen-bond donors (Lipinski definition) is 0. The molecule has 1 aliphatic heterocycles. The summed E-state index contributed by atoms with van der Waals surface area (Å²) in [6.45, 7) is 5.66. The Hall–Kier alpha value is -0.180. The van der Waals surface area contributed by atoms with E-state index < -0.39 is 0 Å². The monoisotopic (exact) mass is 260 g/mol. The molecule has 0 fully saturated rings. The Morgan fingerprint density at radius 1 is 1.36 bits per heavy atom. The van der Waals surface area contributed by atoms with Crippen molar-refractivity contribution in [3.05, 3.63) is 10.8 Å². The molecule has 3 heteroatoms. The molecule has 1 unspecified atom stereocenters. The van der Waals surface area contributed by atoms with Crippen LogP contribution in [0.4, 0.5) is 0 Å². The fourth-order valence-corrected chi connectivity index (χ4v) is 2.55. The van der Waals surface area contributed by atoms with Gasteiger partial charge in [0.25, 0.3) is 0 Å². The summed E-state index contributed by atoms with van der Waals surface area (Å²) in [7, 11) is 2.12. The van der Waals surface area contributed by atoms with Crippen LogP contribution in [0.5, 0.6) is 0 Å². The molecule has 1 atom stereocenters. The Balaban J connectivity index is 2.27. The highest BCUT2D eigenvalue weighted by atomic mass is 79.9. The Labute approximate surface area is 96.1 Å². The molecule has 0 aliphatic carbocycles. The second-order valence-electron chi connectivity index (χ2n) is 4.00. The third kappa shape index (κ3) is 2.91. The van der Waals surface area contributed by atoms with Crippen LogP contribution in [-0.4, -0.2) is 29.6 Å². The van der Waals surface area contributed by atoms with Gasteiger partial charge in [-0.3, -0.25) is 0 Å². The van der Waals surface area contributed by atoms with Crippen LogP contribution in [0.3, 0.4) is 0 Å². The van der Waals surface area contributed by atoms with Crippen LogP contribution in [-0.2, 0) is 0 Å². The van der Waals surface area contributed by atoms with E-state index in [1.807, 2.05) is 0 Å². The maximum absolute atomic E-state index is 3.60. The van der Waals surface area contributed by atoms with Crippen molar-refractivity contribution in [1.82, 2.24) is 9.80 Å². The average Bonchev–Trinajstić information content (AvgIpc) is 2.38. The number of nitrogens with zero attached hydrogens (tertiary/aromatic N) is 2. The smallest absolute Gasteiger partial charge is 0.0984 e. The lowest BCUT2D eigenvalue weighted by atomic mass is 10.2. The van der Waals surface area contributed by atoms with Gasteiger partial charge < -0.3 is 9.80 Å². The topological polar surface area (TPSA) is 6.48 Å². The average molecular weight is 261 g/mol. The summed E-state index contributed by atoms with van der Waals surface area (Å²) in [5.41, 5.74) is 0. The quantitative estimate of drug-likeness (QED) is 0.553. The number of hydrogen-bond acceptors (Lipinski definition) is 2. The van der Waals surface area contributed by atoms with Crippen molar-refractivity contribution in [3.63, 3.8) is 0 Å². The van der Waals surface area contributed by atoms with Gasteiger partial charge in [-0.1, -0.05) is 26.2 Å². The van der Waals surface area contributed by atoms with Crippen LogP contribution in [0.2, 0.25) is 0 Å². The second kappa shape index (κ2) is 5.64. The molecule has 0 N–H and O–H groups in total. The highest BCUT2D eigenvalue weighted by Gasteiger charge is 2.23. The normalized spacial score (nSPS) is 21.7. The van der Waals surface area contributed by atoms with Crippen molar-refractivity contribution >= 4 is 15.9 Å². The first-order valence-electron chi connectivity index (χ1n) is 5.52. The molecule has 2 nitrogen and oxygen atoms in total. The van der Waals surface area contributed by atoms with Crippen LogP contribution in [0.1, 0.15) is 39.5 Å². The van der Waals surface area contributed by atoms with Gasteiger partial charge in [0, 0.05) is 19.8 Å². The van der Waals surface area contributed by atoms with Gasteiger partial charge >= 0.3 is 0 Å². The molecule has 0 saturated carbocycles. The Bertz CT molecular complexity index is 203. The Kier molecular flexibility index (Phi) is 4.79. The second-order valence-corrected chi connectivity index (χ2v) is 4.82. The molecule has 0 bridgehead atoms. The molecular formula is C11H21BrN2. The zero-order chi connectivity index (χ0) is 10.6. The maximum atomic E-state index is 3.60. The minimum Gasteiger partial charge on any atom is -0.358 e. The molecule has 0 spiro atoms. The van der Waals surface area contributed by atoms with Crippen molar-refractivity contribution in [2.24, 2.45) is 0 Å².